The molecule has 0 fully saturated rings. The number of methoxy groups -OCH3 is 1. The van der Waals surface area contributed by atoms with Gasteiger partial charge in [0.25, 0.3) is 0 Å². The molecule has 0 saturated carbocycles. The molecule has 1 N–H and O–H groups in total. The van der Waals surface area contributed by atoms with Gasteiger partial charge in [0.2, 0.25) is 5.88 Å². The van der Waals surface area contributed by atoms with Gasteiger partial charge >= 0.3 is 0 Å². The fourth-order valence-electron chi connectivity index (χ4n) is 1.97. The highest BCUT2D eigenvalue weighted by atomic mass is 16.6. The number of hydroxylamine groups is 1. The Morgan fingerprint density at radius 2 is 2.00 bits per heavy atom. The fraction of sp³-hybridized carbons (Fsp3) is 0.357. The highest BCUT2D eigenvalue weighted by Gasteiger charge is 2.13. The van der Waals surface area contributed by atoms with Crippen LogP contribution in [0.25, 0.3) is 0 Å². The number of rotatable bonds is 6. The van der Waals surface area contributed by atoms with Gasteiger partial charge in [-0.2, -0.15) is 10.6 Å². The van der Waals surface area contributed by atoms with Crippen molar-refractivity contribution in [1.82, 2.24) is 15.3 Å². The molecule has 1 heterocycles. The maximum absolute atomic E-state index is 5.44. The first-order valence-electron chi connectivity index (χ1n) is 6.17. The summed E-state index contributed by atoms with van der Waals surface area (Å²) in [6.45, 7) is 3.05. The molecule has 2 rings (SSSR count). The summed E-state index contributed by atoms with van der Waals surface area (Å²) in [4.78, 5) is 5.44. The second-order valence-corrected chi connectivity index (χ2v) is 4.29. The molecule has 0 bridgehead atoms. The van der Waals surface area contributed by atoms with Crippen LogP contribution in [0.5, 0.6) is 5.88 Å². The zero-order chi connectivity index (χ0) is 13.7. The van der Waals surface area contributed by atoms with Crippen molar-refractivity contribution in [2.45, 2.75) is 20.1 Å². The minimum Gasteiger partial charge on any atom is -0.481 e. The van der Waals surface area contributed by atoms with Crippen LogP contribution in [0.15, 0.2) is 30.3 Å². The lowest BCUT2D eigenvalue weighted by Crippen LogP contribution is -2.14. The molecule has 0 spiro atoms. The van der Waals surface area contributed by atoms with Crippen molar-refractivity contribution in [3.8, 4) is 5.88 Å². The third kappa shape index (κ3) is 3.33. The zero-order valence-electron chi connectivity index (χ0n) is 11.5. The molecule has 0 aliphatic carbocycles. The number of nitrogens with one attached hydrogen (secondary N) is 1. The van der Waals surface area contributed by atoms with Crippen LogP contribution in [-0.2, 0) is 25.0 Å². The van der Waals surface area contributed by atoms with Gasteiger partial charge in [0.1, 0.15) is 0 Å². The number of aryl methyl sites for hydroxylation is 2. The van der Waals surface area contributed by atoms with E-state index in [0.29, 0.717) is 13.2 Å². The van der Waals surface area contributed by atoms with Crippen LogP contribution in [0.3, 0.4) is 0 Å². The first kappa shape index (κ1) is 13.6. The quantitative estimate of drug-likeness (QED) is 0.638. The van der Waals surface area contributed by atoms with Crippen molar-refractivity contribution in [1.29, 1.82) is 0 Å². The summed E-state index contributed by atoms with van der Waals surface area (Å²) >= 11 is 0. The molecule has 5 nitrogen and oxygen atoms in total. The minimum absolute atomic E-state index is 0.530. The molecule has 19 heavy (non-hydrogen) atoms. The molecule has 0 aliphatic rings. The topological polar surface area (TPSA) is 48.3 Å². The van der Waals surface area contributed by atoms with Gasteiger partial charge in [-0.25, -0.2) is 4.68 Å². The Labute approximate surface area is 113 Å². The van der Waals surface area contributed by atoms with E-state index in [1.807, 2.05) is 44.3 Å². The van der Waals surface area contributed by atoms with Gasteiger partial charge in [0.15, 0.2) is 0 Å². The van der Waals surface area contributed by atoms with Crippen LogP contribution in [0.4, 0.5) is 0 Å². The Morgan fingerprint density at radius 3 is 2.68 bits per heavy atom. The smallest absolute Gasteiger partial charge is 0.216 e. The van der Waals surface area contributed by atoms with Gasteiger partial charge < -0.3 is 4.74 Å². The lowest BCUT2D eigenvalue weighted by atomic mass is 10.2. The van der Waals surface area contributed by atoms with Gasteiger partial charge in [-0.1, -0.05) is 30.3 Å². The molecular formula is C14H19N3O2. The summed E-state index contributed by atoms with van der Waals surface area (Å²) < 4.78 is 7.04. The van der Waals surface area contributed by atoms with Crippen LogP contribution in [0.2, 0.25) is 0 Å². The normalized spacial score (nSPS) is 10.7. The van der Waals surface area contributed by atoms with E-state index < -0.39 is 0 Å². The Balaban J connectivity index is 1.86. The van der Waals surface area contributed by atoms with E-state index in [2.05, 4.69) is 10.6 Å². The molecule has 1 aromatic carbocycles. The average Bonchev–Trinajstić information content (AvgIpc) is 2.70. The van der Waals surface area contributed by atoms with Crippen LogP contribution < -0.4 is 10.2 Å². The molecular weight excluding hydrogens is 242 g/mol. The van der Waals surface area contributed by atoms with Crippen molar-refractivity contribution in [2.24, 2.45) is 7.05 Å². The zero-order valence-corrected chi connectivity index (χ0v) is 11.5. The Kier molecular flexibility index (Phi) is 4.54. The van der Waals surface area contributed by atoms with Gasteiger partial charge in [0.05, 0.1) is 31.5 Å². The van der Waals surface area contributed by atoms with Crippen molar-refractivity contribution >= 4 is 0 Å². The van der Waals surface area contributed by atoms with E-state index in [4.69, 9.17) is 9.57 Å². The summed E-state index contributed by atoms with van der Waals surface area (Å²) in [6, 6.07) is 10.0. The van der Waals surface area contributed by atoms with Crippen LogP contribution in [-0.4, -0.2) is 16.9 Å². The molecule has 0 aliphatic heterocycles. The van der Waals surface area contributed by atoms with Gasteiger partial charge in [-0.05, 0) is 12.5 Å². The lowest BCUT2D eigenvalue weighted by Gasteiger charge is -2.07. The largest absolute Gasteiger partial charge is 0.481 e. The average molecular weight is 261 g/mol. The SMILES string of the molecule is COc1c(CNOCc2ccccc2)c(C)nn1C. The summed E-state index contributed by atoms with van der Waals surface area (Å²) in [5.74, 6) is 0.758. The van der Waals surface area contributed by atoms with Crippen LogP contribution in [0.1, 0.15) is 16.8 Å². The summed E-state index contributed by atoms with van der Waals surface area (Å²) in [5, 5.41) is 4.31. The van der Waals surface area contributed by atoms with Crippen molar-refractivity contribution in [3.05, 3.63) is 47.2 Å². The molecule has 5 heteroatoms. The van der Waals surface area contributed by atoms with E-state index in [9.17, 15) is 0 Å². The van der Waals surface area contributed by atoms with Crippen LogP contribution >= 0.6 is 0 Å². The Hall–Kier alpha value is -1.85. The van der Waals surface area contributed by atoms with Gasteiger partial charge in [-0.15, -0.1) is 0 Å². The maximum Gasteiger partial charge on any atom is 0.216 e. The molecule has 102 valence electrons. The number of aromatic nitrogens is 2. The first-order chi connectivity index (χ1) is 9.22. The molecule has 2 aromatic rings. The predicted octanol–water partition coefficient (Wildman–Crippen LogP) is 1.96. The maximum atomic E-state index is 5.44. The van der Waals surface area contributed by atoms with E-state index in [1.165, 1.54) is 0 Å². The van der Waals surface area contributed by atoms with Crippen molar-refractivity contribution in [2.75, 3.05) is 7.11 Å². The van der Waals surface area contributed by atoms with Gasteiger partial charge in [0, 0.05) is 7.05 Å². The summed E-state index contributed by atoms with van der Waals surface area (Å²) in [7, 11) is 3.50. The van der Waals surface area contributed by atoms with E-state index in [0.717, 1.165) is 22.7 Å². The highest BCUT2D eigenvalue weighted by Crippen LogP contribution is 2.20. The number of hydrogen-bond acceptors (Lipinski definition) is 4. The highest BCUT2D eigenvalue weighted by molar-refractivity contribution is 5.30. The molecule has 0 unspecified atom stereocenters. The third-order valence-electron chi connectivity index (χ3n) is 2.91. The van der Waals surface area contributed by atoms with Crippen molar-refractivity contribution in [3.63, 3.8) is 0 Å². The Morgan fingerprint density at radius 1 is 1.26 bits per heavy atom. The standard InChI is InChI=1S/C14H19N3O2/c1-11-13(14(18-3)17(2)16-11)9-15-19-10-12-7-5-4-6-8-12/h4-8,15H,9-10H2,1-3H3. The third-order valence-corrected chi connectivity index (χ3v) is 2.91. The Bertz CT molecular complexity index is 523. The van der Waals surface area contributed by atoms with E-state index in [1.54, 1.807) is 11.8 Å². The lowest BCUT2D eigenvalue weighted by molar-refractivity contribution is 0.0230. The number of nitrogens with zero attached hydrogens (tertiary/aromatic N) is 2. The number of benzene rings is 1. The number of ether oxygens (including phenoxy) is 1. The second-order valence-electron chi connectivity index (χ2n) is 4.29. The summed E-state index contributed by atoms with van der Waals surface area (Å²) in [5.41, 5.74) is 6.03. The monoisotopic (exact) mass is 261 g/mol. The fourth-order valence-corrected chi connectivity index (χ4v) is 1.97. The molecule has 0 atom stereocenters. The number of hydrogen-bond donors (Lipinski definition) is 1. The van der Waals surface area contributed by atoms with Crippen molar-refractivity contribution < 1.29 is 9.57 Å². The van der Waals surface area contributed by atoms with Gasteiger partial charge in [-0.3, -0.25) is 4.84 Å². The van der Waals surface area contributed by atoms with Crippen LogP contribution in [0, 0.1) is 6.92 Å². The molecule has 0 amide bonds. The first-order valence-corrected chi connectivity index (χ1v) is 6.17. The molecule has 0 radical (unpaired) electrons. The second kappa shape index (κ2) is 6.36. The summed E-state index contributed by atoms with van der Waals surface area (Å²) in [6.07, 6.45) is 0. The predicted molar refractivity (Wildman–Crippen MR) is 72.6 cm³/mol. The minimum atomic E-state index is 0.530. The van der Waals surface area contributed by atoms with E-state index >= 15 is 0 Å². The molecule has 1 aromatic heterocycles. The molecule has 0 saturated heterocycles. The van der Waals surface area contributed by atoms with E-state index in [-0.39, 0.29) is 0 Å².